The van der Waals surface area contributed by atoms with Gasteiger partial charge in [-0.25, -0.2) is 0 Å². The molecule has 1 aliphatic heterocycles. The predicted molar refractivity (Wildman–Crippen MR) is 58.6 cm³/mol. The molecule has 1 aliphatic rings. The average Bonchev–Trinajstić information content (AvgIpc) is 2.92. The zero-order chi connectivity index (χ0) is 11.7. The standard InChI is InChI=1S/C12H22O3/c1-6-11(3,8-9(13)14-5)10-12(4,7-2)15-10/h10H,6-8H2,1-5H3. The molecule has 0 radical (unpaired) electrons. The molecule has 3 nitrogen and oxygen atoms in total. The molecule has 0 N–H and O–H groups in total. The van der Waals surface area contributed by atoms with E-state index in [4.69, 9.17) is 9.47 Å². The Morgan fingerprint density at radius 2 is 2.13 bits per heavy atom. The molecule has 3 atom stereocenters. The summed E-state index contributed by atoms with van der Waals surface area (Å²) in [6, 6.07) is 0. The number of carbonyl (C=O) groups excluding carboxylic acids is 1. The van der Waals surface area contributed by atoms with Gasteiger partial charge in [-0.15, -0.1) is 0 Å². The van der Waals surface area contributed by atoms with Crippen LogP contribution >= 0.6 is 0 Å². The van der Waals surface area contributed by atoms with Crippen LogP contribution in [-0.2, 0) is 14.3 Å². The Morgan fingerprint density at radius 3 is 2.47 bits per heavy atom. The van der Waals surface area contributed by atoms with E-state index in [1.165, 1.54) is 7.11 Å². The number of hydrogen-bond donors (Lipinski definition) is 0. The highest BCUT2D eigenvalue weighted by atomic mass is 16.6. The van der Waals surface area contributed by atoms with E-state index in [1.54, 1.807) is 0 Å². The third-order valence-electron chi connectivity index (χ3n) is 3.80. The minimum absolute atomic E-state index is 0.0290. The molecular weight excluding hydrogens is 192 g/mol. The quantitative estimate of drug-likeness (QED) is 0.521. The van der Waals surface area contributed by atoms with Gasteiger partial charge in [0.2, 0.25) is 0 Å². The molecule has 0 aromatic rings. The maximum Gasteiger partial charge on any atom is 0.306 e. The molecule has 0 aromatic heterocycles. The summed E-state index contributed by atoms with van der Waals surface area (Å²) in [5.41, 5.74) is -0.114. The smallest absolute Gasteiger partial charge is 0.306 e. The Bertz CT molecular complexity index is 251. The van der Waals surface area contributed by atoms with Gasteiger partial charge in [0, 0.05) is 5.41 Å². The SMILES string of the molecule is CCC(C)(CC(=O)OC)C1OC1(C)CC. The Balaban J connectivity index is 2.66. The zero-order valence-corrected chi connectivity index (χ0v) is 10.4. The second kappa shape index (κ2) is 4.12. The molecule has 15 heavy (non-hydrogen) atoms. The van der Waals surface area contributed by atoms with Crippen LogP contribution in [0.25, 0.3) is 0 Å². The highest BCUT2D eigenvalue weighted by molar-refractivity contribution is 5.70. The summed E-state index contributed by atoms with van der Waals surface area (Å²) >= 11 is 0. The van der Waals surface area contributed by atoms with Crippen molar-refractivity contribution >= 4 is 5.97 Å². The van der Waals surface area contributed by atoms with Gasteiger partial charge in [0.15, 0.2) is 0 Å². The molecule has 0 saturated carbocycles. The van der Waals surface area contributed by atoms with Crippen LogP contribution < -0.4 is 0 Å². The Hall–Kier alpha value is -0.570. The van der Waals surface area contributed by atoms with Crippen LogP contribution in [0, 0.1) is 5.41 Å². The van der Waals surface area contributed by atoms with E-state index in [2.05, 4.69) is 27.7 Å². The van der Waals surface area contributed by atoms with Crippen LogP contribution in [0.1, 0.15) is 47.0 Å². The Kier molecular flexibility index (Phi) is 3.44. The van der Waals surface area contributed by atoms with Gasteiger partial charge in [0.1, 0.15) is 0 Å². The van der Waals surface area contributed by atoms with Crippen molar-refractivity contribution in [3.05, 3.63) is 0 Å². The zero-order valence-electron chi connectivity index (χ0n) is 10.4. The molecule has 1 rings (SSSR count). The van der Waals surface area contributed by atoms with E-state index >= 15 is 0 Å². The second-order valence-corrected chi connectivity index (χ2v) is 4.92. The van der Waals surface area contributed by atoms with Crippen molar-refractivity contribution in [2.24, 2.45) is 5.41 Å². The van der Waals surface area contributed by atoms with Crippen molar-refractivity contribution in [3.8, 4) is 0 Å². The largest absolute Gasteiger partial charge is 0.469 e. The molecular formula is C12H22O3. The molecule has 1 saturated heterocycles. The molecule has 1 fully saturated rings. The summed E-state index contributed by atoms with van der Waals surface area (Å²) in [7, 11) is 1.44. The third-order valence-corrected chi connectivity index (χ3v) is 3.80. The van der Waals surface area contributed by atoms with E-state index in [-0.39, 0.29) is 23.1 Å². The van der Waals surface area contributed by atoms with Gasteiger partial charge in [0.05, 0.1) is 25.2 Å². The first-order valence-electron chi connectivity index (χ1n) is 5.66. The van der Waals surface area contributed by atoms with Crippen LogP contribution in [0.2, 0.25) is 0 Å². The number of hydrogen-bond acceptors (Lipinski definition) is 3. The van der Waals surface area contributed by atoms with Crippen LogP contribution in [0.5, 0.6) is 0 Å². The lowest BCUT2D eigenvalue weighted by atomic mass is 9.76. The van der Waals surface area contributed by atoms with Crippen LogP contribution in [0.3, 0.4) is 0 Å². The fraction of sp³-hybridized carbons (Fsp3) is 0.917. The molecule has 0 spiro atoms. The highest BCUT2D eigenvalue weighted by Crippen LogP contribution is 2.52. The van der Waals surface area contributed by atoms with E-state index in [1.807, 2.05) is 0 Å². The van der Waals surface area contributed by atoms with Crippen LogP contribution in [-0.4, -0.2) is 24.8 Å². The van der Waals surface area contributed by atoms with E-state index in [0.717, 1.165) is 12.8 Å². The van der Waals surface area contributed by atoms with Crippen molar-refractivity contribution in [3.63, 3.8) is 0 Å². The lowest BCUT2D eigenvalue weighted by molar-refractivity contribution is -0.143. The summed E-state index contributed by atoms with van der Waals surface area (Å²) in [5.74, 6) is -0.145. The molecule has 88 valence electrons. The summed E-state index contributed by atoms with van der Waals surface area (Å²) < 4.78 is 10.5. The maximum absolute atomic E-state index is 11.3. The summed E-state index contributed by atoms with van der Waals surface area (Å²) in [5, 5.41) is 0. The fourth-order valence-electron chi connectivity index (χ4n) is 2.19. The number of rotatable bonds is 5. The molecule has 0 aliphatic carbocycles. The highest BCUT2D eigenvalue weighted by Gasteiger charge is 2.59. The number of ether oxygens (including phenoxy) is 2. The van der Waals surface area contributed by atoms with E-state index in [0.29, 0.717) is 6.42 Å². The molecule has 0 bridgehead atoms. The van der Waals surface area contributed by atoms with E-state index < -0.39 is 0 Å². The molecule has 3 heteroatoms. The first-order valence-corrected chi connectivity index (χ1v) is 5.66. The van der Waals surface area contributed by atoms with Crippen LogP contribution in [0.4, 0.5) is 0 Å². The number of esters is 1. The Labute approximate surface area is 92.1 Å². The summed E-state index contributed by atoms with van der Waals surface area (Å²) in [6.45, 7) is 8.44. The van der Waals surface area contributed by atoms with Gasteiger partial charge in [-0.05, 0) is 19.8 Å². The summed E-state index contributed by atoms with van der Waals surface area (Å²) in [6.07, 6.45) is 2.57. The Morgan fingerprint density at radius 1 is 1.53 bits per heavy atom. The van der Waals surface area contributed by atoms with Crippen molar-refractivity contribution in [1.29, 1.82) is 0 Å². The van der Waals surface area contributed by atoms with Crippen molar-refractivity contribution in [2.45, 2.75) is 58.7 Å². The van der Waals surface area contributed by atoms with Crippen LogP contribution in [0.15, 0.2) is 0 Å². The second-order valence-electron chi connectivity index (χ2n) is 4.92. The van der Waals surface area contributed by atoms with Gasteiger partial charge in [0.25, 0.3) is 0 Å². The molecule has 3 unspecified atom stereocenters. The lowest BCUT2D eigenvalue weighted by Crippen LogP contribution is -2.31. The number of epoxide rings is 1. The minimum atomic E-state index is -0.145. The third kappa shape index (κ3) is 2.33. The number of carbonyl (C=O) groups is 1. The molecule has 0 amide bonds. The molecule has 0 aromatic carbocycles. The minimum Gasteiger partial charge on any atom is -0.469 e. The van der Waals surface area contributed by atoms with Crippen molar-refractivity contribution in [2.75, 3.05) is 7.11 Å². The van der Waals surface area contributed by atoms with Gasteiger partial charge in [-0.3, -0.25) is 4.79 Å². The topological polar surface area (TPSA) is 38.8 Å². The van der Waals surface area contributed by atoms with Gasteiger partial charge < -0.3 is 9.47 Å². The monoisotopic (exact) mass is 214 g/mol. The van der Waals surface area contributed by atoms with Gasteiger partial charge in [-0.1, -0.05) is 20.8 Å². The maximum atomic E-state index is 11.3. The summed E-state index contributed by atoms with van der Waals surface area (Å²) in [4.78, 5) is 11.3. The van der Waals surface area contributed by atoms with Gasteiger partial charge in [-0.2, -0.15) is 0 Å². The number of methoxy groups -OCH3 is 1. The fourth-order valence-corrected chi connectivity index (χ4v) is 2.19. The van der Waals surface area contributed by atoms with E-state index in [9.17, 15) is 4.79 Å². The normalized spacial score (nSPS) is 33.3. The molecule has 1 heterocycles. The average molecular weight is 214 g/mol. The predicted octanol–water partition coefficient (Wildman–Crippen LogP) is 2.53. The van der Waals surface area contributed by atoms with Gasteiger partial charge >= 0.3 is 5.97 Å². The lowest BCUT2D eigenvalue weighted by Gasteiger charge is -2.26. The van der Waals surface area contributed by atoms with Crippen molar-refractivity contribution in [1.82, 2.24) is 0 Å². The van der Waals surface area contributed by atoms with Crippen molar-refractivity contribution < 1.29 is 14.3 Å². The first-order chi connectivity index (χ1) is 6.91. The first kappa shape index (κ1) is 12.5.